The summed E-state index contributed by atoms with van der Waals surface area (Å²) < 4.78 is 8.30. The van der Waals surface area contributed by atoms with Crippen molar-refractivity contribution >= 4 is 65.2 Å². The van der Waals surface area contributed by atoms with Crippen molar-refractivity contribution in [3.8, 4) is 39.1 Å². The van der Waals surface area contributed by atoms with Gasteiger partial charge in [-0.25, -0.2) is 0 Å². The minimum absolute atomic E-state index is 0.0175. The van der Waals surface area contributed by atoms with Crippen molar-refractivity contribution in [3.63, 3.8) is 0 Å². The van der Waals surface area contributed by atoms with Gasteiger partial charge < -0.3 is 4.42 Å². The monoisotopic (exact) mass is 689 g/mol. The molecule has 2 heterocycles. The number of pyridine rings is 1. The molecule has 0 saturated carbocycles. The van der Waals surface area contributed by atoms with E-state index in [9.17, 15) is 4.79 Å². The summed E-state index contributed by atoms with van der Waals surface area (Å²) in [5.74, 6) is 0. The molecule has 0 aliphatic carbocycles. The Kier molecular flexibility index (Phi) is 6.70. The van der Waals surface area contributed by atoms with E-state index in [1.807, 2.05) is 59.2 Å². The lowest BCUT2D eigenvalue weighted by atomic mass is 9.85. The molecule has 54 heavy (non-hydrogen) atoms. The van der Waals surface area contributed by atoms with Crippen LogP contribution in [0, 0.1) is 0 Å². The van der Waals surface area contributed by atoms with E-state index < -0.39 is 0 Å². The highest BCUT2D eigenvalue weighted by atomic mass is 16.3. The van der Waals surface area contributed by atoms with E-state index in [-0.39, 0.29) is 5.56 Å². The molecule has 11 rings (SSSR count). The molecule has 9 aromatic carbocycles. The summed E-state index contributed by atoms with van der Waals surface area (Å²) in [5.41, 5.74) is 10.3. The molecule has 0 bridgehead atoms. The average molecular weight is 690 g/mol. The normalized spacial score (nSPS) is 11.8. The molecular formula is C51H31NO2. The number of benzene rings is 9. The van der Waals surface area contributed by atoms with Crippen LogP contribution in [0.5, 0.6) is 0 Å². The predicted octanol–water partition coefficient (Wildman–Crippen LogP) is 13.4. The number of aromatic nitrogens is 1. The van der Waals surface area contributed by atoms with E-state index in [4.69, 9.17) is 4.42 Å². The van der Waals surface area contributed by atoms with E-state index in [0.29, 0.717) is 5.39 Å². The third-order valence-electron chi connectivity index (χ3n) is 11.0. The first kappa shape index (κ1) is 30.4. The van der Waals surface area contributed by atoms with Gasteiger partial charge in [-0.05, 0) is 91.1 Å². The minimum Gasteiger partial charge on any atom is -0.455 e. The number of hydrogen-bond donors (Lipinski definition) is 0. The van der Waals surface area contributed by atoms with Crippen LogP contribution in [0.3, 0.4) is 0 Å². The van der Waals surface area contributed by atoms with E-state index in [0.717, 1.165) is 66.2 Å². The molecule has 0 radical (unpaired) electrons. The van der Waals surface area contributed by atoms with Crippen molar-refractivity contribution in [1.29, 1.82) is 0 Å². The maximum atomic E-state index is 14.0. The van der Waals surface area contributed by atoms with Crippen molar-refractivity contribution in [3.05, 3.63) is 198 Å². The highest BCUT2D eigenvalue weighted by Gasteiger charge is 2.19. The number of para-hydroxylation sites is 3. The fourth-order valence-corrected chi connectivity index (χ4v) is 8.63. The lowest BCUT2D eigenvalue weighted by Gasteiger charge is -2.19. The Morgan fingerprint density at radius 1 is 0.370 bits per heavy atom. The molecule has 0 aliphatic heterocycles. The van der Waals surface area contributed by atoms with Gasteiger partial charge in [0.25, 0.3) is 5.56 Å². The smallest absolute Gasteiger partial charge is 0.263 e. The van der Waals surface area contributed by atoms with Crippen LogP contribution in [-0.2, 0) is 0 Å². The molecule has 0 atom stereocenters. The van der Waals surface area contributed by atoms with Crippen molar-refractivity contribution in [2.75, 3.05) is 0 Å². The van der Waals surface area contributed by atoms with Crippen LogP contribution in [0.4, 0.5) is 0 Å². The molecule has 0 spiro atoms. The van der Waals surface area contributed by atoms with Crippen molar-refractivity contribution in [2.45, 2.75) is 0 Å². The fraction of sp³-hybridized carbons (Fsp3) is 0. The first-order valence-electron chi connectivity index (χ1n) is 18.3. The average Bonchev–Trinajstić information content (AvgIpc) is 3.62. The van der Waals surface area contributed by atoms with Crippen molar-refractivity contribution < 1.29 is 4.42 Å². The minimum atomic E-state index is -0.0175. The van der Waals surface area contributed by atoms with Gasteiger partial charge in [-0.2, -0.15) is 0 Å². The highest BCUT2D eigenvalue weighted by molar-refractivity contribution is 6.21. The Labute approximate surface area is 310 Å². The van der Waals surface area contributed by atoms with E-state index in [2.05, 4.69) is 133 Å². The van der Waals surface area contributed by atoms with E-state index in [1.54, 1.807) is 0 Å². The van der Waals surface area contributed by atoms with E-state index >= 15 is 0 Å². The van der Waals surface area contributed by atoms with Crippen molar-refractivity contribution in [2.24, 2.45) is 0 Å². The van der Waals surface area contributed by atoms with Gasteiger partial charge in [0.2, 0.25) is 0 Å². The molecule has 0 amide bonds. The van der Waals surface area contributed by atoms with Gasteiger partial charge in [0.05, 0.1) is 5.52 Å². The molecule has 3 heteroatoms. The summed E-state index contributed by atoms with van der Waals surface area (Å²) in [4.78, 5) is 14.0. The zero-order chi connectivity index (χ0) is 35.8. The quantitative estimate of drug-likeness (QED) is 0.136. The summed E-state index contributed by atoms with van der Waals surface area (Å²) in [7, 11) is 0. The summed E-state index contributed by atoms with van der Waals surface area (Å²) >= 11 is 0. The summed E-state index contributed by atoms with van der Waals surface area (Å²) in [6, 6.07) is 65.5. The Balaban J connectivity index is 1.09. The molecule has 2 aromatic heterocycles. The number of fused-ring (bicyclic) bond motifs is 8. The first-order chi connectivity index (χ1) is 26.7. The molecule has 0 aliphatic rings. The zero-order valence-electron chi connectivity index (χ0n) is 29.2. The first-order valence-corrected chi connectivity index (χ1v) is 18.3. The second-order valence-corrected chi connectivity index (χ2v) is 14.0. The lowest BCUT2D eigenvalue weighted by Crippen LogP contribution is -2.19. The van der Waals surface area contributed by atoms with Crippen molar-refractivity contribution in [1.82, 2.24) is 4.57 Å². The number of rotatable bonds is 4. The highest BCUT2D eigenvalue weighted by Crippen LogP contribution is 2.45. The molecular weight excluding hydrogens is 659 g/mol. The summed E-state index contributed by atoms with van der Waals surface area (Å²) in [6.07, 6.45) is 0. The summed E-state index contributed by atoms with van der Waals surface area (Å²) in [5, 5.41) is 9.73. The third kappa shape index (κ3) is 4.52. The third-order valence-corrected chi connectivity index (χ3v) is 11.0. The SMILES string of the molecule is O=c1c2ccccc2c2ccccc2n1-c1ccc(-c2c3ccccc3c(-c3cccc(-c4cccc5c4oc4ccccc45)c3)c3ccccc23)cc1. The van der Waals surface area contributed by atoms with Crippen LogP contribution in [0.2, 0.25) is 0 Å². The van der Waals surface area contributed by atoms with Crippen LogP contribution in [-0.4, -0.2) is 4.57 Å². The molecule has 0 fully saturated rings. The lowest BCUT2D eigenvalue weighted by molar-refractivity contribution is 0.670. The summed E-state index contributed by atoms with van der Waals surface area (Å²) in [6.45, 7) is 0. The number of furan rings is 1. The van der Waals surface area contributed by atoms with Gasteiger partial charge in [-0.15, -0.1) is 0 Å². The van der Waals surface area contributed by atoms with Crippen LogP contribution in [0.1, 0.15) is 0 Å². The van der Waals surface area contributed by atoms with Crippen LogP contribution in [0.15, 0.2) is 197 Å². The second-order valence-electron chi connectivity index (χ2n) is 14.0. The van der Waals surface area contributed by atoms with Gasteiger partial charge in [0.15, 0.2) is 0 Å². The van der Waals surface area contributed by atoms with Gasteiger partial charge in [0.1, 0.15) is 11.2 Å². The maximum absolute atomic E-state index is 14.0. The molecule has 0 unspecified atom stereocenters. The second kappa shape index (κ2) is 11.9. The van der Waals surface area contributed by atoms with Crippen LogP contribution in [0.25, 0.3) is 104 Å². The van der Waals surface area contributed by atoms with Gasteiger partial charge >= 0.3 is 0 Å². The van der Waals surface area contributed by atoms with Gasteiger partial charge in [-0.1, -0.05) is 152 Å². The largest absolute Gasteiger partial charge is 0.455 e. The zero-order valence-corrected chi connectivity index (χ0v) is 29.2. The Morgan fingerprint density at radius 2 is 0.889 bits per heavy atom. The van der Waals surface area contributed by atoms with Gasteiger partial charge in [0, 0.05) is 32.8 Å². The maximum Gasteiger partial charge on any atom is 0.263 e. The van der Waals surface area contributed by atoms with Gasteiger partial charge in [-0.3, -0.25) is 9.36 Å². The molecule has 11 aromatic rings. The Hall–Kier alpha value is -7.23. The molecule has 0 saturated heterocycles. The topological polar surface area (TPSA) is 35.1 Å². The number of hydrogen-bond acceptors (Lipinski definition) is 2. The predicted molar refractivity (Wildman–Crippen MR) is 226 cm³/mol. The Morgan fingerprint density at radius 3 is 1.59 bits per heavy atom. The fourth-order valence-electron chi connectivity index (χ4n) is 8.63. The Bertz CT molecular complexity index is 3290. The molecule has 3 nitrogen and oxygen atoms in total. The van der Waals surface area contributed by atoms with Crippen LogP contribution >= 0.6 is 0 Å². The standard InChI is InChI=1S/C51H31NO2/c53-51-45-22-6-1-15-37(45)38-16-7-9-25-46(38)52(51)35-29-27-32(28-30-35)48-40-18-2-4-20-42(40)49(43-21-5-3-19-41(43)48)34-14-11-13-33(31-34)36-23-12-24-44-39-17-8-10-26-47(39)54-50(36)44/h1-31H. The van der Waals surface area contributed by atoms with Crippen LogP contribution < -0.4 is 5.56 Å². The van der Waals surface area contributed by atoms with E-state index in [1.165, 1.54) is 32.7 Å². The number of nitrogens with zero attached hydrogens (tertiary/aromatic N) is 1. The molecule has 252 valence electrons. The molecule has 0 N–H and O–H groups in total.